The number of aromatic nitrogens is 2. The lowest BCUT2D eigenvalue weighted by atomic mass is 9.98. The Kier molecular flexibility index (Phi) is 5.83. The number of morpholine rings is 1. The number of hydrogen-bond acceptors (Lipinski definition) is 6. The van der Waals surface area contributed by atoms with Crippen LogP contribution in [0.1, 0.15) is 28.0 Å². The molecule has 1 unspecified atom stereocenters. The van der Waals surface area contributed by atoms with E-state index in [0.29, 0.717) is 37.9 Å². The maximum absolute atomic E-state index is 12.7. The Morgan fingerprint density at radius 1 is 1.11 bits per heavy atom. The van der Waals surface area contributed by atoms with E-state index in [1.165, 1.54) is 5.56 Å². The van der Waals surface area contributed by atoms with Crippen molar-refractivity contribution in [1.29, 1.82) is 0 Å². The smallest absolute Gasteiger partial charge is 0.274 e. The lowest BCUT2D eigenvalue weighted by Gasteiger charge is -2.26. The van der Waals surface area contributed by atoms with Crippen molar-refractivity contribution in [3.8, 4) is 0 Å². The quantitative estimate of drug-likeness (QED) is 0.845. The summed E-state index contributed by atoms with van der Waals surface area (Å²) in [5.41, 5.74) is 2.63. The highest BCUT2D eigenvalue weighted by Crippen LogP contribution is 2.25. The maximum Gasteiger partial charge on any atom is 0.274 e. The number of nitrogens with zero attached hydrogens (tertiary/aromatic N) is 4. The number of aliphatic hydroxyl groups is 1. The molecule has 0 saturated carbocycles. The Bertz CT molecular complexity index is 806. The van der Waals surface area contributed by atoms with Crippen molar-refractivity contribution in [1.82, 2.24) is 14.9 Å². The number of rotatable bonds is 5. The van der Waals surface area contributed by atoms with E-state index >= 15 is 0 Å². The van der Waals surface area contributed by atoms with Gasteiger partial charge in [-0.25, -0.2) is 4.98 Å². The lowest BCUT2D eigenvalue weighted by Crippen LogP contribution is -2.41. The second-order valence-electron chi connectivity index (χ2n) is 7.45. The predicted octanol–water partition coefficient (Wildman–Crippen LogP) is 1.51. The molecule has 7 nitrogen and oxygen atoms in total. The molecule has 3 heterocycles. The van der Waals surface area contributed by atoms with Crippen LogP contribution in [0.3, 0.4) is 0 Å². The average molecular weight is 382 g/mol. The monoisotopic (exact) mass is 382 g/mol. The zero-order valence-electron chi connectivity index (χ0n) is 16.0. The average Bonchev–Trinajstić information content (AvgIpc) is 3.23. The first-order chi connectivity index (χ1) is 13.7. The first kappa shape index (κ1) is 18.8. The van der Waals surface area contributed by atoms with Crippen LogP contribution in [0, 0.1) is 5.92 Å². The fourth-order valence-electron chi connectivity index (χ4n) is 3.86. The van der Waals surface area contributed by atoms with Gasteiger partial charge >= 0.3 is 0 Å². The third-order valence-corrected chi connectivity index (χ3v) is 5.48. The minimum absolute atomic E-state index is 0.0719. The minimum Gasteiger partial charge on any atom is -0.392 e. The summed E-state index contributed by atoms with van der Waals surface area (Å²) in [6.45, 7) is 4.26. The fourth-order valence-corrected chi connectivity index (χ4v) is 3.86. The summed E-state index contributed by atoms with van der Waals surface area (Å²) >= 11 is 0. The number of carbonyl (C=O) groups is 1. The van der Waals surface area contributed by atoms with E-state index in [4.69, 9.17) is 9.84 Å². The Labute approximate surface area is 165 Å². The number of ether oxygens (including phenoxy) is 1. The molecule has 1 atom stereocenters. The second-order valence-corrected chi connectivity index (χ2v) is 7.45. The van der Waals surface area contributed by atoms with Gasteiger partial charge in [-0.15, -0.1) is 0 Å². The summed E-state index contributed by atoms with van der Waals surface area (Å²) in [6.07, 6.45) is 5.39. The van der Waals surface area contributed by atoms with Crippen LogP contribution in [-0.2, 0) is 17.8 Å². The molecule has 2 aliphatic rings. The van der Waals surface area contributed by atoms with Gasteiger partial charge in [-0.05, 0) is 29.9 Å². The molecule has 28 heavy (non-hydrogen) atoms. The van der Waals surface area contributed by atoms with Crippen LogP contribution in [-0.4, -0.2) is 65.3 Å². The zero-order valence-corrected chi connectivity index (χ0v) is 16.0. The van der Waals surface area contributed by atoms with E-state index in [1.54, 1.807) is 17.3 Å². The van der Waals surface area contributed by atoms with E-state index in [2.05, 4.69) is 27.0 Å². The molecule has 148 valence electrons. The first-order valence-corrected chi connectivity index (χ1v) is 9.85. The maximum atomic E-state index is 12.7. The van der Waals surface area contributed by atoms with E-state index in [-0.39, 0.29) is 12.5 Å². The molecule has 1 N–H and O–H groups in total. The molecule has 0 spiro atoms. The van der Waals surface area contributed by atoms with Crippen LogP contribution in [0.5, 0.6) is 0 Å². The van der Waals surface area contributed by atoms with E-state index in [0.717, 1.165) is 37.3 Å². The predicted molar refractivity (Wildman–Crippen MR) is 105 cm³/mol. The molecule has 0 bridgehead atoms. The number of aliphatic hydroxyl groups excluding tert-OH is 1. The standard InChI is InChI=1S/C21H26N4O3/c26-15-17-3-1-16(2-4-17)11-18-5-6-25(14-18)20-13-22-12-19(23-20)21(27)24-7-9-28-10-8-24/h1-4,12-13,18,26H,5-11,14-15H2. The highest BCUT2D eigenvalue weighted by atomic mass is 16.5. The first-order valence-electron chi connectivity index (χ1n) is 9.85. The summed E-state index contributed by atoms with van der Waals surface area (Å²) in [7, 11) is 0. The molecule has 1 amide bonds. The molecule has 1 aromatic carbocycles. The van der Waals surface area contributed by atoms with Gasteiger partial charge in [0.05, 0.1) is 32.2 Å². The Morgan fingerprint density at radius 2 is 1.86 bits per heavy atom. The lowest BCUT2D eigenvalue weighted by molar-refractivity contribution is 0.0299. The van der Waals surface area contributed by atoms with E-state index in [9.17, 15) is 4.79 Å². The van der Waals surface area contributed by atoms with Crippen LogP contribution < -0.4 is 4.90 Å². The van der Waals surface area contributed by atoms with Crippen LogP contribution in [0.15, 0.2) is 36.7 Å². The molecule has 1 aromatic heterocycles. The molecule has 2 fully saturated rings. The highest BCUT2D eigenvalue weighted by Gasteiger charge is 2.26. The van der Waals surface area contributed by atoms with Crippen LogP contribution >= 0.6 is 0 Å². The third-order valence-electron chi connectivity index (χ3n) is 5.48. The molecule has 2 saturated heterocycles. The van der Waals surface area contributed by atoms with Crippen molar-refractivity contribution in [2.24, 2.45) is 5.92 Å². The number of carbonyl (C=O) groups excluding carboxylic acids is 1. The summed E-state index contributed by atoms with van der Waals surface area (Å²) in [5.74, 6) is 1.25. The van der Waals surface area contributed by atoms with E-state index < -0.39 is 0 Å². The highest BCUT2D eigenvalue weighted by molar-refractivity contribution is 5.92. The summed E-state index contributed by atoms with van der Waals surface area (Å²) < 4.78 is 5.31. The minimum atomic E-state index is -0.0719. The van der Waals surface area contributed by atoms with Crippen LogP contribution in [0.2, 0.25) is 0 Å². The molecule has 0 aliphatic carbocycles. The second kappa shape index (κ2) is 8.67. The largest absolute Gasteiger partial charge is 0.392 e. The van der Waals surface area contributed by atoms with Gasteiger partial charge in [0.2, 0.25) is 0 Å². The van der Waals surface area contributed by atoms with Crippen molar-refractivity contribution >= 4 is 11.7 Å². The van der Waals surface area contributed by atoms with Gasteiger partial charge in [0, 0.05) is 26.2 Å². The van der Waals surface area contributed by atoms with Gasteiger partial charge in [0.15, 0.2) is 0 Å². The molecule has 2 aliphatic heterocycles. The van der Waals surface area contributed by atoms with Gasteiger partial charge in [0.1, 0.15) is 11.5 Å². The third kappa shape index (κ3) is 4.31. The molecular weight excluding hydrogens is 356 g/mol. The van der Waals surface area contributed by atoms with Gasteiger partial charge in [-0.1, -0.05) is 24.3 Å². The number of anilines is 1. The van der Waals surface area contributed by atoms with Crippen molar-refractivity contribution in [2.45, 2.75) is 19.4 Å². The normalized spacial score (nSPS) is 19.8. The summed E-state index contributed by atoms with van der Waals surface area (Å²) in [6, 6.07) is 8.15. The fraction of sp³-hybridized carbons (Fsp3) is 0.476. The zero-order chi connectivity index (χ0) is 19.3. The van der Waals surface area contributed by atoms with Gasteiger partial charge in [-0.2, -0.15) is 0 Å². The number of amides is 1. The van der Waals surface area contributed by atoms with Crippen LogP contribution in [0.4, 0.5) is 5.82 Å². The van der Waals surface area contributed by atoms with Gasteiger partial charge in [-0.3, -0.25) is 9.78 Å². The van der Waals surface area contributed by atoms with Crippen molar-refractivity contribution < 1.29 is 14.6 Å². The number of hydrogen-bond donors (Lipinski definition) is 1. The Morgan fingerprint density at radius 3 is 2.61 bits per heavy atom. The van der Waals surface area contributed by atoms with Crippen molar-refractivity contribution in [2.75, 3.05) is 44.3 Å². The summed E-state index contributed by atoms with van der Waals surface area (Å²) in [5, 5.41) is 9.17. The molecule has 2 aromatic rings. The Hall–Kier alpha value is -2.51. The van der Waals surface area contributed by atoms with Crippen molar-refractivity contribution in [3.63, 3.8) is 0 Å². The van der Waals surface area contributed by atoms with Gasteiger partial charge < -0.3 is 19.6 Å². The number of benzene rings is 1. The molecular formula is C21H26N4O3. The van der Waals surface area contributed by atoms with Crippen molar-refractivity contribution in [3.05, 3.63) is 53.5 Å². The summed E-state index contributed by atoms with van der Waals surface area (Å²) in [4.78, 5) is 25.5. The molecule has 7 heteroatoms. The van der Waals surface area contributed by atoms with Crippen LogP contribution in [0.25, 0.3) is 0 Å². The Balaban J connectivity index is 1.38. The van der Waals surface area contributed by atoms with E-state index in [1.807, 2.05) is 12.1 Å². The molecule has 0 radical (unpaired) electrons. The topological polar surface area (TPSA) is 78.8 Å². The molecule has 4 rings (SSSR count). The SMILES string of the molecule is O=C(c1cncc(N2CCC(Cc3ccc(CO)cc3)C2)n1)N1CCOCC1. The van der Waals surface area contributed by atoms with Gasteiger partial charge in [0.25, 0.3) is 5.91 Å².